The fraction of sp³-hybridized carbons (Fsp3) is 0.227. The highest BCUT2D eigenvalue weighted by Crippen LogP contribution is 2.29. The van der Waals surface area contributed by atoms with Crippen molar-refractivity contribution in [1.82, 2.24) is 29.9 Å². The van der Waals surface area contributed by atoms with E-state index in [4.69, 9.17) is 5.73 Å². The molecule has 1 aliphatic rings. The van der Waals surface area contributed by atoms with Crippen LogP contribution in [0.15, 0.2) is 54.7 Å². The van der Waals surface area contributed by atoms with Gasteiger partial charge in [-0.25, -0.2) is 14.6 Å². The minimum absolute atomic E-state index is 0.0209. The number of nitrogens with one attached hydrogen (secondary N) is 1. The molecule has 0 fully saturated rings. The number of carbonyl (C=O) groups is 1. The molecular formula is C22H20F3N7O. The number of aromatic nitrogens is 6. The Kier molecular flexibility index (Phi) is 6.20. The number of primary amides is 1. The standard InChI is InChI=1S/C12H13N3.C10H7F3N4O/c1-2-6-10(7-3-1)12-13-11-8-4-5-9-15(11)14-12;11-10(12,13)7-3-1-2-6(16-7)5-4-15-17-8(5)9(14)18/h1-3,6-7H,4-5,8-9H2;1-4H,(H2,14,18)(H,15,17). The number of hydrogen-bond donors (Lipinski definition) is 2. The second kappa shape index (κ2) is 9.23. The van der Waals surface area contributed by atoms with Gasteiger partial charge in [-0.2, -0.15) is 23.4 Å². The summed E-state index contributed by atoms with van der Waals surface area (Å²) in [6.45, 7) is 1.02. The molecule has 0 saturated heterocycles. The lowest BCUT2D eigenvalue weighted by atomic mass is 10.1. The van der Waals surface area contributed by atoms with Crippen molar-refractivity contribution >= 4 is 5.91 Å². The Balaban J connectivity index is 0.000000159. The molecule has 1 aromatic carbocycles. The number of pyridine rings is 1. The normalized spacial score (nSPS) is 13.1. The maximum absolute atomic E-state index is 12.5. The second-order valence-electron chi connectivity index (χ2n) is 7.33. The SMILES string of the molecule is NC(=O)c1[nH]ncc1-c1cccc(C(F)(F)F)n1.c1ccc(-c2nc3n(n2)CCCC3)cc1. The van der Waals surface area contributed by atoms with Crippen molar-refractivity contribution in [3.05, 3.63) is 71.9 Å². The van der Waals surface area contributed by atoms with Gasteiger partial charge in [0.15, 0.2) is 5.82 Å². The summed E-state index contributed by atoms with van der Waals surface area (Å²) in [7, 11) is 0. The molecular weight excluding hydrogens is 435 g/mol. The number of aryl methyl sites for hydroxylation is 2. The zero-order chi connectivity index (χ0) is 23.4. The van der Waals surface area contributed by atoms with Crippen molar-refractivity contribution < 1.29 is 18.0 Å². The van der Waals surface area contributed by atoms with Crippen LogP contribution in [0, 0.1) is 0 Å². The number of nitrogens with two attached hydrogens (primary N) is 1. The topological polar surface area (TPSA) is 115 Å². The van der Waals surface area contributed by atoms with Gasteiger partial charge in [0.05, 0.1) is 17.5 Å². The fourth-order valence-corrected chi connectivity index (χ4v) is 3.40. The maximum atomic E-state index is 12.5. The Bertz CT molecular complexity index is 1220. The first-order valence-electron chi connectivity index (χ1n) is 10.2. The zero-order valence-electron chi connectivity index (χ0n) is 17.4. The molecule has 0 bridgehead atoms. The van der Waals surface area contributed by atoms with E-state index in [0.717, 1.165) is 36.2 Å². The van der Waals surface area contributed by atoms with Crippen molar-refractivity contribution in [3.63, 3.8) is 0 Å². The van der Waals surface area contributed by atoms with Gasteiger partial charge < -0.3 is 5.73 Å². The number of alkyl halides is 3. The Morgan fingerprint density at radius 1 is 1.03 bits per heavy atom. The molecule has 1 aliphatic heterocycles. The molecule has 0 unspecified atom stereocenters. The average molecular weight is 455 g/mol. The van der Waals surface area contributed by atoms with E-state index in [0.29, 0.717) is 0 Å². The molecule has 3 aromatic heterocycles. The highest BCUT2D eigenvalue weighted by Gasteiger charge is 2.32. The van der Waals surface area contributed by atoms with Crippen molar-refractivity contribution in [1.29, 1.82) is 0 Å². The quantitative estimate of drug-likeness (QED) is 0.487. The average Bonchev–Trinajstić information content (AvgIpc) is 3.47. The number of rotatable bonds is 3. The predicted octanol–water partition coefficient (Wildman–Crippen LogP) is 3.87. The van der Waals surface area contributed by atoms with Crippen LogP contribution in [-0.4, -0.2) is 35.9 Å². The molecule has 3 N–H and O–H groups in total. The Hall–Kier alpha value is -4.02. The van der Waals surface area contributed by atoms with E-state index in [2.05, 4.69) is 37.4 Å². The monoisotopic (exact) mass is 455 g/mol. The number of amides is 1. The van der Waals surface area contributed by atoms with Crippen LogP contribution in [0.2, 0.25) is 0 Å². The molecule has 170 valence electrons. The van der Waals surface area contributed by atoms with Gasteiger partial charge in [0.25, 0.3) is 5.91 Å². The van der Waals surface area contributed by atoms with Crippen molar-refractivity contribution in [2.75, 3.05) is 0 Å². The third-order valence-corrected chi connectivity index (χ3v) is 5.00. The molecule has 11 heteroatoms. The number of aromatic amines is 1. The molecule has 4 heterocycles. The summed E-state index contributed by atoms with van der Waals surface area (Å²) in [5.41, 5.74) is 5.16. The molecule has 0 saturated carbocycles. The van der Waals surface area contributed by atoms with Gasteiger partial charge in [0, 0.05) is 18.5 Å². The Labute approximate surface area is 186 Å². The molecule has 0 radical (unpaired) electrons. The molecule has 5 rings (SSSR count). The number of hydrogen-bond acceptors (Lipinski definition) is 5. The van der Waals surface area contributed by atoms with Crippen LogP contribution in [0.25, 0.3) is 22.6 Å². The highest BCUT2D eigenvalue weighted by atomic mass is 19.4. The van der Waals surface area contributed by atoms with Crippen LogP contribution < -0.4 is 5.73 Å². The van der Waals surface area contributed by atoms with Crippen LogP contribution in [0.5, 0.6) is 0 Å². The number of halogens is 3. The van der Waals surface area contributed by atoms with Gasteiger partial charge >= 0.3 is 6.18 Å². The minimum Gasteiger partial charge on any atom is -0.364 e. The number of carbonyl (C=O) groups excluding carboxylic acids is 1. The van der Waals surface area contributed by atoms with Crippen LogP contribution in [0.4, 0.5) is 13.2 Å². The molecule has 0 aliphatic carbocycles. The summed E-state index contributed by atoms with van der Waals surface area (Å²) in [5.74, 6) is 1.19. The number of H-pyrrole nitrogens is 1. The summed E-state index contributed by atoms with van der Waals surface area (Å²) < 4.78 is 39.5. The summed E-state index contributed by atoms with van der Waals surface area (Å²) >= 11 is 0. The number of nitrogens with zero attached hydrogens (tertiary/aromatic N) is 5. The van der Waals surface area contributed by atoms with Gasteiger partial charge in [-0.15, -0.1) is 0 Å². The van der Waals surface area contributed by atoms with Gasteiger partial charge in [-0.05, 0) is 25.0 Å². The maximum Gasteiger partial charge on any atom is 0.433 e. The van der Waals surface area contributed by atoms with E-state index in [-0.39, 0.29) is 17.0 Å². The predicted molar refractivity (Wildman–Crippen MR) is 114 cm³/mol. The van der Waals surface area contributed by atoms with Crippen LogP contribution in [0.1, 0.15) is 34.8 Å². The van der Waals surface area contributed by atoms with Crippen LogP contribution >= 0.6 is 0 Å². The summed E-state index contributed by atoms with van der Waals surface area (Å²) in [4.78, 5) is 19.0. The van der Waals surface area contributed by atoms with Crippen molar-refractivity contribution in [2.24, 2.45) is 5.73 Å². The Morgan fingerprint density at radius 3 is 2.52 bits per heavy atom. The van der Waals surface area contributed by atoms with E-state index in [1.807, 2.05) is 22.9 Å². The fourth-order valence-electron chi connectivity index (χ4n) is 3.40. The molecule has 0 atom stereocenters. The van der Waals surface area contributed by atoms with Crippen LogP contribution in [0.3, 0.4) is 0 Å². The molecule has 1 amide bonds. The van der Waals surface area contributed by atoms with E-state index in [9.17, 15) is 18.0 Å². The lowest BCUT2D eigenvalue weighted by Crippen LogP contribution is -2.13. The Morgan fingerprint density at radius 2 is 1.82 bits per heavy atom. The van der Waals surface area contributed by atoms with Crippen LogP contribution in [-0.2, 0) is 19.1 Å². The highest BCUT2D eigenvalue weighted by molar-refractivity contribution is 5.97. The van der Waals surface area contributed by atoms with E-state index in [1.54, 1.807) is 0 Å². The van der Waals surface area contributed by atoms with E-state index >= 15 is 0 Å². The first kappa shape index (κ1) is 22.2. The van der Waals surface area contributed by atoms with Crippen molar-refractivity contribution in [2.45, 2.75) is 32.0 Å². The van der Waals surface area contributed by atoms with Gasteiger partial charge in [-0.3, -0.25) is 9.89 Å². The number of fused-ring (bicyclic) bond motifs is 1. The van der Waals surface area contributed by atoms with Gasteiger partial charge in [0.2, 0.25) is 0 Å². The first-order valence-corrected chi connectivity index (χ1v) is 10.2. The second-order valence-corrected chi connectivity index (χ2v) is 7.33. The summed E-state index contributed by atoms with van der Waals surface area (Å²) in [6.07, 6.45) is 0.187. The molecule has 8 nitrogen and oxygen atoms in total. The third-order valence-electron chi connectivity index (χ3n) is 5.00. The minimum atomic E-state index is -4.55. The third kappa shape index (κ3) is 5.08. The van der Waals surface area contributed by atoms with Gasteiger partial charge in [0.1, 0.15) is 17.2 Å². The zero-order valence-corrected chi connectivity index (χ0v) is 17.4. The van der Waals surface area contributed by atoms with E-state index in [1.165, 1.54) is 31.2 Å². The summed E-state index contributed by atoms with van der Waals surface area (Å²) in [6, 6.07) is 13.6. The van der Waals surface area contributed by atoms with E-state index < -0.39 is 17.8 Å². The lowest BCUT2D eigenvalue weighted by molar-refractivity contribution is -0.141. The largest absolute Gasteiger partial charge is 0.433 e. The number of benzene rings is 1. The smallest absolute Gasteiger partial charge is 0.364 e. The molecule has 0 spiro atoms. The molecule has 4 aromatic rings. The summed E-state index contributed by atoms with van der Waals surface area (Å²) in [5, 5.41) is 10.4. The van der Waals surface area contributed by atoms with Crippen molar-refractivity contribution in [3.8, 4) is 22.6 Å². The van der Waals surface area contributed by atoms with Gasteiger partial charge in [-0.1, -0.05) is 36.4 Å². The molecule has 33 heavy (non-hydrogen) atoms. The first-order chi connectivity index (χ1) is 15.8. The lowest BCUT2D eigenvalue weighted by Gasteiger charge is -2.09.